The van der Waals surface area contributed by atoms with Crippen LogP contribution < -0.4 is 4.74 Å². The zero-order valence-corrected chi connectivity index (χ0v) is 17.9. The smallest absolute Gasteiger partial charge is 0.128 e. The quantitative estimate of drug-likeness (QED) is 0.602. The monoisotopic (exact) mass is 427 g/mol. The zero-order chi connectivity index (χ0) is 21.1. The minimum absolute atomic E-state index is 0.139. The largest absolute Gasteiger partial charge is 0.507 e. The number of morpholine rings is 1. The SMILES string of the molecule is C[C@@H]1CN(CCOc2ccc(-c3[nH]ncc3-c3ccc(Cl)cc3)c(O)c2)C[C@@H](C)O1. The van der Waals surface area contributed by atoms with Crippen LogP contribution >= 0.6 is 11.6 Å². The molecule has 6 nitrogen and oxygen atoms in total. The summed E-state index contributed by atoms with van der Waals surface area (Å²) in [6.07, 6.45) is 2.22. The summed E-state index contributed by atoms with van der Waals surface area (Å²) in [6, 6.07) is 12.9. The highest BCUT2D eigenvalue weighted by Gasteiger charge is 2.21. The molecule has 3 aromatic rings. The second-order valence-corrected chi connectivity index (χ2v) is 8.15. The first-order valence-electron chi connectivity index (χ1n) is 10.1. The van der Waals surface area contributed by atoms with E-state index in [-0.39, 0.29) is 18.0 Å². The zero-order valence-electron chi connectivity index (χ0n) is 17.1. The van der Waals surface area contributed by atoms with Crippen LogP contribution in [0.4, 0.5) is 0 Å². The summed E-state index contributed by atoms with van der Waals surface area (Å²) in [4.78, 5) is 2.34. The van der Waals surface area contributed by atoms with E-state index >= 15 is 0 Å². The molecule has 0 amide bonds. The molecule has 1 aliphatic heterocycles. The first-order chi connectivity index (χ1) is 14.5. The summed E-state index contributed by atoms with van der Waals surface area (Å²) < 4.78 is 11.6. The predicted molar refractivity (Wildman–Crippen MR) is 118 cm³/mol. The second-order valence-electron chi connectivity index (χ2n) is 7.71. The summed E-state index contributed by atoms with van der Waals surface area (Å²) in [6.45, 7) is 7.37. The molecule has 1 fully saturated rings. The number of nitrogens with zero attached hydrogens (tertiary/aromatic N) is 2. The van der Waals surface area contributed by atoms with Gasteiger partial charge in [-0.25, -0.2) is 0 Å². The lowest BCUT2D eigenvalue weighted by molar-refractivity contribution is -0.0699. The van der Waals surface area contributed by atoms with E-state index in [4.69, 9.17) is 21.1 Å². The highest BCUT2D eigenvalue weighted by Crippen LogP contribution is 2.37. The van der Waals surface area contributed by atoms with Crippen molar-refractivity contribution in [1.29, 1.82) is 0 Å². The van der Waals surface area contributed by atoms with Gasteiger partial charge < -0.3 is 14.6 Å². The van der Waals surface area contributed by atoms with Crippen LogP contribution in [0, 0.1) is 0 Å². The lowest BCUT2D eigenvalue weighted by Crippen LogP contribution is -2.46. The predicted octanol–water partition coefficient (Wildman–Crippen LogP) is 4.59. The molecule has 0 saturated carbocycles. The number of aromatic amines is 1. The van der Waals surface area contributed by atoms with E-state index in [1.807, 2.05) is 36.4 Å². The topological polar surface area (TPSA) is 70.6 Å². The van der Waals surface area contributed by atoms with Gasteiger partial charge in [0.25, 0.3) is 0 Å². The number of aromatic nitrogens is 2. The van der Waals surface area contributed by atoms with E-state index in [0.717, 1.165) is 36.5 Å². The van der Waals surface area contributed by atoms with Crippen molar-refractivity contribution in [2.24, 2.45) is 0 Å². The maximum absolute atomic E-state index is 10.6. The van der Waals surface area contributed by atoms with Crippen LogP contribution in [0.25, 0.3) is 22.4 Å². The van der Waals surface area contributed by atoms with Crippen molar-refractivity contribution in [2.75, 3.05) is 26.2 Å². The molecule has 4 rings (SSSR count). The third-order valence-corrected chi connectivity index (χ3v) is 5.46. The van der Waals surface area contributed by atoms with Gasteiger partial charge in [0.05, 0.1) is 24.1 Å². The second kappa shape index (κ2) is 9.08. The van der Waals surface area contributed by atoms with Crippen molar-refractivity contribution in [3.05, 3.63) is 53.7 Å². The summed E-state index contributed by atoms with van der Waals surface area (Å²) in [7, 11) is 0. The van der Waals surface area contributed by atoms with Crippen LogP contribution in [0.2, 0.25) is 5.02 Å². The minimum Gasteiger partial charge on any atom is -0.507 e. The molecule has 1 aromatic heterocycles. The number of ether oxygens (including phenoxy) is 2. The van der Waals surface area contributed by atoms with Crippen LogP contribution in [0.3, 0.4) is 0 Å². The van der Waals surface area contributed by atoms with Crippen molar-refractivity contribution in [1.82, 2.24) is 15.1 Å². The van der Waals surface area contributed by atoms with Gasteiger partial charge in [0.15, 0.2) is 0 Å². The Balaban J connectivity index is 1.43. The lowest BCUT2D eigenvalue weighted by Gasteiger charge is -2.35. The molecule has 0 bridgehead atoms. The van der Waals surface area contributed by atoms with E-state index < -0.39 is 0 Å². The van der Waals surface area contributed by atoms with Crippen LogP contribution in [0.1, 0.15) is 13.8 Å². The molecule has 2 heterocycles. The van der Waals surface area contributed by atoms with E-state index in [1.165, 1.54) is 0 Å². The summed E-state index contributed by atoms with van der Waals surface area (Å²) in [5.41, 5.74) is 3.28. The normalized spacial score (nSPS) is 19.7. The number of phenolic OH excluding ortho intramolecular Hbond substituents is 1. The Labute approximate surface area is 181 Å². The van der Waals surface area contributed by atoms with Crippen LogP contribution in [0.15, 0.2) is 48.7 Å². The molecule has 0 unspecified atom stereocenters. The number of hydrogen-bond donors (Lipinski definition) is 2. The Morgan fingerprint density at radius 1 is 1.13 bits per heavy atom. The van der Waals surface area contributed by atoms with Crippen molar-refractivity contribution >= 4 is 11.6 Å². The van der Waals surface area contributed by atoms with Gasteiger partial charge >= 0.3 is 0 Å². The fourth-order valence-corrected chi connectivity index (χ4v) is 4.04. The Morgan fingerprint density at radius 3 is 2.57 bits per heavy atom. The molecule has 2 N–H and O–H groups in total. The number of rotatable bonds is 6. The average Bonchev–Trinajstić information content (AvgIpc) is 3.17. The van der Waals surface area contributed by atoms with Gasteiger partial charge in [-0.1, -0.05) is 23.7 Å². The average molecular weight is 428 g/mol. The molecular weight excluding hydrogens is 402 g/mol. The molecule has 158 valence electrons. The Hall–Kier alpha value is -2.54. The molecule has 1 saturated heterocycles. The molecule has 1 aliphatic rings. The summed E-state index contributed by atoms with van der Waals surface area (Å²) in [5, 5.41) is 18.4. The number of halogens is 1. The molecule has 30 heavy (non-hydrogen) atoms. The van der Waals surface area contributed by atoms with Crippen molar-refractivity contribution in [2.45, 2.75) is 26.1 Å². The number of phenols is 1. The van der Waals surface area contributed by atoms with Gasteiger partial charge in [0.1, 0.15) is 18.1 Å². The number of H-pyrrole nitrogens is 1. The number of benzene rings is 2. The van der Waals surface area contributed by atoms with Crippen LogP contribution in [0.5, 0.6) is 11.5 Å². The fraction of sp³-hybridized carbons (Fsp3) is 0.348. The third-order valence-electron chi connectivity index (χ3n) is 5.20. The van der Waals surface area contributed by atoms with Crippen molar-refractivity contribution < 1.29 is 14.6 Å². The maximum atomic E-state index is 10.6. The Bertz CT molecular complexity index is 980. The van der Waals surface area contributed by atoms with E-state index in [1.54, 1.807) is 12.3 Å². The molecule has 0 radical (unpaired) electrons. The van der Waals surface area contributed by atoms with E-state index in [2.05, 4.69) is 28.9 Å². The van der Waals surface area contributed by atoms with Gasteiger partial charge in [0, 0.05) is 41.9 Å². The Morgan fingerprint density at radius 2 is 1.87 bits per heavy atom. The van der Waals surface area contributed by atoms with Gasteiger partial charge in [-0.2, -0.15) is 5.10 Å². The Kier molecular flexibility index (Phi) is 6.27. The van der Waals surface area contributed by atoms with E-state index in [9.17, 15) is 5.11 Å². The standard InChI is InChI=1S/C23H26ClN3O3/c1-15-13-27(14-16(2)30-15)9-10-29-19-7-8-20(22(28)11-19)23-21(12-25-26-23)17-3-5-18(24)6-4-17/h3-8,11-12,15-16,28H,9-10,13-14H2,1-2H3,(H,25,26)/t15-,16-/m1/s1. The van der Waals surface area contributed by atoms with Crippen LogP contribution in [-0.2, 0) is 4.74 Å². The third kappa shape index (κ3) is 4.78. The van der Waals surface area contributed by atoms with Gasteiger partial charge in [-0.3, -0.25) is 10.00 Å². The lowest BCUT2D eigenvalue weighted by atomic mass is 10.0. The highest BCUT2D eigenvalue weighted by molar-refractivity contribution is 6.30. The van der Waals surface area contributed by atoms with Crippen molar-refractivity contribution in [3.63, 3.8) is 0 Å². The molecule has 2 atom stereocenters. The molecule has 2 aromatic carbocycles. The number of nitrogens with one attached hydrogen (secondary N) is 1. The van der Waals surface area contributed by atoms with Crippen molar-refractivity contribution in [3.8, 4) is 33.9 Å². The van der Waals surface area contributed by atoms with Crippen LogP contribution in [-0.4, -0.2) is 58.7 Å². The molecule has 7 heteroatoms. The first-order valence-corrected chi connectivity index (χ1v) is 10.5. The van der Waals surface area contributed by atoms with Gasteiger partial charge in [-0.15, -0.1) is 0 Å². The summed E-state index contributed by atoms with van der Waals surface area (Å²) in [5.74, 6) is 0.777. The molecule has 0 aliphatic carbocycles. The fourth-order valence-electron chi connectivity index (χ4n) is 3.91. The first kappa shape index (κ1) is 20.7. The van der Waals surface area contributed by atoms with Gasteiger partial charge in [0.2, 0.25) is 0 Å². The molecular formula is C23H26ClN3O3. The number of aromatic hydroxyl groups is 1. The molecule has 0 spiro atoms. The van der Waals surface area contributed by atoms with E-state index in [0.29, 0.717) is 22.9 Å². The maximum Gasteiger partial charge on any atom is 0.128 e. The summed E-state index contributed by atoms with van der Waals surface area (Å²) >= 11 is 5.99. The number of hydrogen-bond acceptors (Lipinski definition) is 5. The minimum atomic E-state index is 0.139. The van der Waals surface area contributed by atoms with Gasteiger partial charge in [-0.05, 0) is 43.7 Å². The highest BCUT2D eigenvalue weighted by atomic mass is 35.5.